The van der Waals surface area contributed by atoms with E-state index in [1.54, 1.807) is 13.4 Å². The summed E-state index contributed by atoms with van der Waals surface area (Å²) in [7, 11) is 1.73. The van der Waals surface area contributed by atoms with E-state index in [0.29, 0.717) is 5.92 Å². The molecule has 1 heterocycles. The highest BCUT2D eigenvalue weighted by Crippen LogP contribution is 2.21. The van der Waals surface area contributed by atoms with Crippen LogP contribution < -0.4 is 5.32 Å². The molecule has 2 unspecified atom stereocenters. The van der Waals surface area contributed by atoms with E-state index in [4.69, 9.17) is 4.74 Å². The summed E-state index contributed by atoms with van der Waals surface area (Å²) in [6.07, 6.45) is 3.68. The lowest BCUT2D eigenvalue weighted by atomic mass is 9.98. The molecule has 16 heavy (non-hydrogen) atoms. The molecule has 5 heteroatoms. The summed E-state index contributed by atoms with van der Waals surface area (Å²) in [5.74, 6) is 1.39. The number of nitrogens with zero attached hydrogens (tertiary/aromatic N) is 2. The number of hydrogen-bond donors (Lipinski definition) is 2. The van der Waals surface area contributed by atoms with Crippen molar-refractivity contribution >= 4 is 0 Å². The zero-order chi connectivity index (χ0) is 11.8. The highest BCUT2D eigenvalue weighted by Gasteiger charge is 2.20. The van der Waals surface area contributed by atoms with Gasteiger partial charge in [0.05, 0.1) is 6.04 Å². The van der Waals surface area contributed by atoms with Gasteiger partial charge in [-0.05, 0) is 25.3 Å². The molecule has 1 aromatic rings. The number of aromatic amines is 1. The first-order valence-electron chi connectivity index (χ1n) is 5.87. The zero-order valence-corrected chi connectivity index (χ0v) is 10.4. The average Bonchev–Trinajstić information content (AvgIpc) is 2.80. The van der Waals surface area contributed by atoms with Crippen LogP contribution in [0.4, 0.5) is 0 Å². The Labute approximate surface area is 97.0 Å². The third-order valence-electron chi connectivity index (χ3n) is 2.69. The van der Waals surface area contributed by atoms with Crippen molar-refractivity contribution in [2.75, 3.05) is 20.3 Å². The Morgan fingerprint density at radius 2 is 2.38 bits per heavy atom. The van der Waals surface area contributed by atoms with Crippen LogP contribution in [0.5, 0.6) is 0 Å². The molecule has 0 aliphatic rings. The quantitative estimate of drug-likeness (QED) is 0.705. The topological polar surface area (TPSA) is 62.8 Å². The lowest BCUT2D eigenvalue weighted by molar-refractivity contribution is 0.169. The van der Waals surface area contributed by atoms with Crippen molar-refractivity contribution in [1.29, 1.82) is 0 Å². The Kier molecular flexibility index (Phi) is 6.03. The largest absolute Gasteiger partial charge is 0.385 e. The molecule has 0 aromatic carbocycles. The first kappa shape index (κ1) is 13.1. The molecule has 1 aromatic heterocycles. The number of ether oxygens (including phenoxy) is 1. The Morgan fingerprint density at radius 3 is 2.94 bits per heavy atom. The van der Waals surface area contributed by atoms with Crippen molar-refractivity contribution in [2.45, 2.75) is 32.7 Å². The van der Waals surface area contributed by atoms with Gasteiger partial charge in [0, 0.05) is 13.7 Å². The van der Waals surface area contributed by atoms with Crippen molar-refractivity contribution in [3.63, 3.8) is 0 Å². The molecule has 2 atom stereocenters. The van der Waals surface area contributed by atoms with Crippen molar-refractivity contribution in [3.8, 4) is 0 Å². The first-order chi connectivity index (χ1) is 7.79. The lowest BCUT2D eigenvalue weighted by Gasteiger charge is -2.22. The smallest absolute Gasteiger partial charge is 0.141 e. The molecule has 92 valence electrons. The van der Waals surface area contributed by atoms with E-state index in [0.717, 1.165) is 31.8 Å². The monoisotopic (exact) mass is 226 g/mol. The summed E-state index contributed by atoms with van der Waals surface area (Å²) in [4.78, 5) is 4.23. The van der Waals surface area contributed by atoms with Gasteiger partial charge in [0.1, 0.15) is 12.2 Å². The summed E-state index contributed by atoms with van der Waals surface area (Å²) in [5.41, 5.74) is 0. The molecule has 0 aliphatic heterocycles. The second kappa shape index (κ2) is 7.35. The molecule has 2 N–H and O–H groups in total. The maximum Gasteiger partial charge on any atom is 0.141 e. The van der Waals surface area contributed by atoms with Gasteiger partial charge in [0.15, 0.2) is 0 Å². The minimum absolute atomic E-state index is 0.234. The first-order valence-corrected chi connectivity index (χ1v) is 5.87. The van der Waals surface area contributed by atoms with E-state index in [1.165, 1.54) is 0 Å². The molecule has 0 saturated heterocycles. The van der Waals surface area contributed by atoms with Gasteiger partial charge in [-0.25, -0.2) is 4.98 Å². The van der Waals surface area contributed by atoms with Crippen LogP contribution in [-0.4, -0.2) is 35.4 Å². The average molecular weight is 226 g/mol. The number of methoxy groups -OCH3 is 1. The number of rotatable bonds is 8. The molecule has 0 saturated carbocycles. The molecule has 1 rings (SSSR count). The van der Waals surface area contributed by atoms with Crippen LogP contribution in [0.3, 0.4) is 0 Å². The summed E-state index contributed by atoms with van der Waals surface area (Å²) in [5, 5.41) is 10.3. The van der Waals surface area contributed by atoms with Crippen LogP contribution >= 0.6 is 0 Å². The minimum Gasteiger partial charge on any atom is -0.385 e. The van der Waals surface area contributed by atoms with Gasteiger partial charge in [0.25, 0.3) is 0 Å². The van der Waals surface area contributed by atoms with Crippen LogP contribution in [0.15, 0.2) is 6.33 Å². The Hall–Kier alpha value is -0.940. The maximum absolute atomic E-state index is 5.11. The Balaban J connectivity index is 2.56. The molecule has 0 amide bonds. The van der Waals surface area contributed by atoms with Crippen molar-refractivity contribution in [1.82, 2.24) is 20.5 Å². The fraction of sp³-hybridized carbons (Fsp3) is 0.818. The second-order valence-electron chi connectivity index (χ2n) is 4.06. The zero-order valence-electron chi connectivity index (χ0n) is 10.4. The van der Waals surface area contributed by atoms with Crippen LogP contribution in [0.1, 0.15) is 38.6 Å². The third kappa shape index (κ3) is 3.90. The molecular formula is C11H22N4O. The molecule has 5 nitrogen and oxygen atoms in total. The van der Waals surface area contributed by atoms with E-state index in [-0.39, 0.29) is 6.04 Å². The maximum atomic E-state index is 5.11. The number of hydrogen-bond acceptors (Lipinski definition) is 4. The van der Waals surface area contributed by atoms with Crippen LogP contribution in [-0.2, 0) is 4.74 Å². The number of nitrogens with one attached hydrogen (secondary N) is 2. The number of aromatic nitrogens is 3. The van der Waals surface area contributed by atoms with Gasteiger partial charge in [-0.2, -0.15) is 5.10 Å². The van der Waals surface area contributed by atoms with Gasteiger partial charge < -0.3 is 10.1 Å². The summed E-state index contributed by atoms with van der Waals surface area (Å²) < 4.78 is 5.11. The van der Waals surface area contributed by atoms with Crippen LogP contribution in [0.25, 0.3) is 0 Å². The van der Waals surface area contributed by atoms with E-state index in [2.05, 4.69) is 34.3 Å². The molecule has 0 spiro atoms. The molecule has 0 radical (unpaired) electrons. The lowest BCUT2D eigenvalue weighted by Crippen LogP contribution is -2.29. The molecular weight excluding hydrogens is 204 g/mol. The van der Waals surface area contributed by atoms with E-state index >= 15 is 0 Å². The van der Waals surface area contributed by atoms with E-state index in [9.17, 15) is 0 Å². The van der Waals surface area contributed by atoms with E-state index in [1.807, 2.05) is 0 Å². The fourth-order valence-corrected chi connectivity index (χ4v) is 1.70. The molecule has 0 bridgehead atoms. The Bertz CT molecular complexity index is 263. The van der Waals surface area contributed by atoms with Gasteiger partial charge >= 0.3 is 0 Å². The Morgan fingerprint density at radius 1 is 1.56 bits per heavy atom. The molecule has 0 fully saturated rings. The predicted octanol–water partition coefficient (Wildman–Crippen LogP) is 1.52. The van der Waals surface area contributed by atoms with Gasteiger partial charge in [-0.1, -0.05) is 13.8 Å². The predicted molar refractivity (Wildman–Crippen MR) is 63.1 cm³/mol. The SMILES string of the molecule is CCCNC(c1ncn[nH]1)C(C)CCOC. The normalized spacial score (nSPS) is 14.9. The van der Waals surface area contributed by atoms with E-state index < -0.39 is 0 Å². The minimum atomic E-state index is 0.234. The third-order valence-corrected chi connectivity index (χ3v) is 2.69. The van der Waals surface area contributed by atoms with Crippen molar-refractivity contribution in [2.24, 2.45) is 5.92 Å². The second-order valence-corrected chi connectivity index (χ2v) is 4.06. The van der Waals surface area contributed by atoms with Gasteiger partial charge in [-0.3, -0.25) is 5.10 Å². The highest BCUT2D eigenvalue weighted by molar-refractivity contribution is 4.93. The molecule has 0 aliphatic carbocycles. The van der Waals surface area contributed by atoms with Crippen LogP contribution in [0, 0.1) is 5.92 Å². The summed E-state index contributed by atoms with van der Waals surface area (Å²) >= 11 is 0. The fourth-order valence-electron chi connectivity index (χ4n) is 1.70. The standard InChI is InChI=1S/C11H22N4O/c1-4-6-12-10(9(2)5-7-16-3)11-13-8-14-15-11/h8-10,12H,4-7H2,1-3H3,(H,13,14,15). The van der Waals surface area contributed by atoms with Crippen LogP contribution in [0.2, 0.25) is 0 Å². The summed E-state index contributed by atoms with van der Waals surface area (Å²) in [6.45, 7) is 6.13. The van der Waals surface area contributed by atoms with Crippen molar-refractivity contribution < 1.29 is 4.74 Å². The van der Waals surface area contributed by atoms with Crippen molar-refractivity contribution in [3.05, 3.63) is 12.2 Å². The summed E-state index contributed by atoms with van der Waals surface area (Å²) in [6, 6.07) is 0.234. The number of H-pyrrole nitrogens is 1. The highest BCUT2D eigenvalue weighted by atomic mass is 16.5. The van der Waals surface area contributed by atoms with Gasteiger partial charge in [-0.15, -0.1) is 0 Å². The van der Waals surface area contributed by atoms with Gasteiger partial charge in [0.2, 0.25) is 0 Å².